The van der Waals surface area contributed by atoms with E-state index in [1.54, 1.807) is 31.2 Å². The van der Waals surface area contributed by atoms with Gasteiger partial charge in [-0.05, 0) is 48.5 Å². The van der Waals surface area contributed by atoms with Gasteiger partial charge in [-0.1, -0.05) is 37.6 Å². The third-order valence-electron chi connectivity index (χ3n) is 4.79. The van der Waals surface area contributed by atoms with Crippen LogP contribution in [0.1, 0.15) is 59.0 Å². The first-order chi connectivity index (χ1) is 16.1. The molecule has 1 heterocycles. The summed E-state index contributed by atoms with van der Waals surface area (Å²) in [4.78, 5) is 51.8. The molecule has 12 heteroatoms. The highest BCUT2D eigenvalue weighted by Gasteiger charge is 2.36. The first-order valence-corrected chi connectivity index (χ1v) is 11.8. The summed E-state index contributed by atoms with van der Waals surface area (Å²) in [6.07, 6.45) is 0.717. The number of primary amides is 1. The molecule has 0 unspecified atom stereocenters. The average Bonchev–Trinajstić information content (AvgIpc) is 3.15. The molecule has 0 radical (unpaired) electrons. The summed E-state index contributed by atoms with van der Waals surface area (Å²) >= 11 is 6.67. The smallest absolute Gasteiger partial charge is 0.325 e. The van der Waals surface area contributed by atoms with Gasteiger partial charge < -0.3 is 26.4 Å². The Labute approximate surface area is 206 Å². The number of carbonyl (C=O) groups is 4. The Morgan fingerprint density at radius 3 is 2.38 bits per heavy atom. The molecular formula is C22H28ClN5O5S. The van der Waals surface area contributed by atoms with E-state index in [0.717, 1.165) is 4.90 Å². The zero-order chi connectivity index (χ0) is 25.4. The quantitative estimate of drug-likeness (QED) is 0.392. The number of rotatable bonds is 11. The summed E-state index contributed by atoms with van der Waals surface area (Å²) in [7, 11) is 0. The Morgan fingerprint density at radius 1 is 1.21 bits per heavy atom. The lowest BCUT2D eigenvalue weighted by Crippen LogP contribution is -2.46. The standard InChI is InChI=1S/C22H28ClN5O5S/c1-4-33-15(29)11-28(22(32)19-16(24)17(20(25)30)27-34-19)18(13-5-7-14(23)8-6-13)21(31)26-10-9-12(2)3/h5-8,12,18H,4,9-11,24H2,1-3H3,(H2,25,30)(H,26,31)/t18-/m0/s1. The molecule has 2 rings (SSSR count). The lowest BCUT2D eigenvalue weighted by atomic mass is 10.0. The molecule has 1 aromatic heterocycles. The van der Waals surface area contributed by atoms with Crippen LogP contribution in [0.15, 0.2) is 24.3 Å². The molecule has 34 heavy (non-hydrogen) atoms. The number of amides is 3. The monoisotopic (exact) mass is 509 g/mol. The highest BCUT2D eigenvalue weighted by atomic mass is 35.5. The van der Waals surface area contributed by atoms with Gasteiger partial charge in [-0.2, -0.15) is 4.37 Å². The van der Waals surface area contributed by atoms with E-state index >= 15 is 0 Å². The second kappa shape index (κ2) is 12.3. The fourth-order valence-electron chi connectivity index (χ4n) is 3.08. The van der Waals surface area contributed by atoms with Crippen molar-refractivity contribution in [1.29, 1.82) is 0 Å². The second-order valence-corrected chi connectivity index (χ2v) is 9.01. The Morgan fingerprint density at radius 2 is 1.85 bits per heavy atom. The molecular weight excluding hydrogens is 482 g/mol. The predicted molar refractivity (Wildman–Crippen MR) is 129 cm³/mol. The van der Waals surface area contributed by atoms with Gasteiger partial charge in [0.1, 0.15) is 17.5 Å². The number of carbonyl (C=O) groups excluding carboxylic acids is 4. The minimum Gasteiger partial charge on any atom is -0.465 e. The van der Waals surface area contributed by atoms with Crippen LogP contribution < -0.4 is 16.8 Å². The predicted octanol–water partition coefficient (Wildman–Crippen LogP) is 2.39. The Bertz CT molecular complexity index is 1040. The largest absolute Gasteiger partial charge is 0.465 e. The normalized spacial score (nSPS) is 11.7. The number of aromatic nitrogens is 1. The van der Waals surface area contributed by atoms with Crippen molar-refractivity contribution in [2.24, 2.45) is 11.7 Å². The van der Waals surface area contributed by atoms with Gasteiger partial charge in [0.05, 0.1) is 12.3 Å². The number of nitrogens with two attached hydrogens (primary N) is 2. The highest BCUT2D eigenvalue weighted by molar-refractivity contribution is 7.09. The van der Waals surface area contributed by atoms with Crippen molar-refractivity contribution in [2.45, 2.75) is 33.2 Å². The van der Waals surface area contributed by atoms with Crippen molar-refractivity contribution in [1.82, 2.24) is 14.6 Å². The lowest BCUT2D eigenvalue weighted by molar-refractivity contribution is -0.144. The van der Waals surface area contributed by atoms with Crippen molar-refractivity contribution in [2.75, 3.05) is 25.4 Å². The molecule has 0 fully saturated rings. The minimum atomic E-state index is -1.21. The number of hydrogen-bond donors (Lipinski definition) is 3. The molecule has 10 nitrogen and oxygen atoms in total. The Kier molecular flexibility index (Phi) is 9.82. The Hall–Kier alpha value is -3.18. The maximum atomic E-state index is 13.6. The summed E-state index contributed by atoms with van der Waals surface area (Å²) < 4.78 is 8.88. The molecule has 5 N–H and O–H groups in total. The van der Waals surface area contributed by atoms with E-state index in [2.05, 4.69) is 9.69 Å². The summed E-state index contributed by atoms with van der Waals surface area (Å²) in [5.41, 5.74) is 11.2. The molecule has 3 amide bonds. The minimum absolute atomic E-state index is 0.0849. The second-order valence-electron chi connectivity index (χ2n) is 7.80. The summed E-state index contributed by atoms with van der Waals surface area (Å²) in [5.74, 6) is -2.54. The van der Waals surface area contributed by atoms with Crippen molar-refractivity contribution in [3.05, 3.63) is 45.4 Å². The SMILES string of the molecule is CCOC(=O)CN(C(=O)c1snc(C(N)=O)c1N)[C@H](C(=O)NCCC(C)C)c1ccc(Cl)cc1. The molecule has 0 spiro atoms. The third kappa shape index (κ3) is 6.91. The van der Waals surface area contributed by atoms with Crippen molar-refractivity contribution in [3.63, 3.8) is 0 Å². The van der Waals surface area contributed by atoms with Crippen LogP contribution in [-0.4, -0.2) is 52.7 Å². The van der Waals surface area contributed by atoms with E-state index in [1.165, 1.54) is 0 Å². The van der Waals surface area contributed by atoms with Gasteiger partial charge >= 0.3 is 5.97 Å². The molecule has 1 aromatic carbocycles. The van der Waals surface area contributed by atoms with E-state index in [9.17, 15) is 19.2 Å². The molecule has 0 aliphatic carbocycles. The Balaban J connectivity index is 2.54. The zero-order valence-corrected chi connectivity index (χ0v) is 20.7. The van der Waals surface area contributed by atoms with Crippen LogP contribution in [-0.2, 0) is 14.3 Å². The van der Waals surface area contributed by atoms with Crippen molar-refractivity contribution in [3.8, 4) is 0 Å². The molecule has 0 aliphatic heterocycles. The fourth-order valence-corrected chi connectivity index (χ4v) is 3.97. The maximum absolute atomic E-state index is 13.6. The molecule has 184 valence electrons. The summed E-state index contributed by atoms with van der Waals surface area (Å²) in [6.45, 7) is 5.57. The summed E-state index contributed by atoms with van der Waals surface area (Å²) in [5, 5.41) is 3.26. The van der Waals surface area contributed by atoms with Crippen LogP contribution >= 0.6 is 23.1 Å². The number of ether oxygens (including phenoxy) is 1. The van der Waals surface area contributed by atoms with Crippen LogP contribution in [0.5, 0.6) is 0 Å². The van der Waals surface area contributed by atoms with E-state index < -0.39 is 36.3 Å². The van der Waals surface area contributed by atoms with Crippen LogP contribution in [0.3, 0.4) is 0 Å². The average molecular weight is 510 g/mol. The van der Waals surface area contributed by atoms with Gasteiger partial charge in [-0.15, -0.1) is 0 Å². The van der Waals surface area contributed by atoms with Crippen molar-refractivity contribution >= 4 is 52.5 Å². The number of halogens is 1. The molecule has 0 saturated carbocycles. The van der Waals surface area contributed by atoms with Gasteiger partial charge in [0.2, 0.25) is 5.91 Å². The molecule has 2 aromatic rings. The lowest BCUT2D eigenvalue weighted by Gasteiger charge is -2.30. The highest BCUT2D eigenvalue weighted by Crippen LogP contribution is 2.29. The number of anilines is 1. The van der Waals surface area contributed by atoms with Gasteiger partial charge in [0.25, 0.3) is 11.8 Å². The van der Waals surface area contributed by atoms with E-state index in [4.69, 9.17) is 27.8 Å². The first-order valence-electron chi connectivity index (χ1n) is 10.6. The number of nitrogens with one attached hydrogen (secondary N) is 1. The number of benzene rings is 1. The molecule has 0 aliphatic rings. The topological polar surface area (TPSA) is 158 Å². The maximum Gasteiger partial charge on any atom is 0.325 e. The van der Waals surface area contributed by atoms with E-state index in [1.807, 2.05) is 13.8 Å². The van der Waals surface area contributed by atoms with Gasteiger partial charge in [0, 0.05) is 11.6 Å². The van der Waals surface area contributed by atoms with E-state index in [0.29, 0.717) is 41.0 Å². The number of nitrogen functional groups attached to an aromatic ring is 1. The van der Waals surface area contributed by atoms with Gasteiger partial charge in [0.15, 0.2) is 5.69 Å². The van der Waals surface area contributed by atoms with Crippen LogP contribution in [0.25, 0.3) is 0 Å². The molecule has 1 atom stereocenters. The van der Waals surface area contributed by atoms with Crippen molar-refractivity contribution < 1.29 is 23.9 Å². The summed E-state index contributed by atoms with van der Waals surface area (Å²) in [6, 6.07) is 5.12. The molecule has 0 saturated heterocycles. The zero-order valence-electron chi connectivity index (χ0n) is 19.2. The molecule has 0 bridgehead atoms. The number of esters is 1. The van der Waals surface area contributed by atoms with Crippen LogP contribution in [0.2, 0.25) is 5.02 Å². The van der Waals surface area contributed by atoms with Gasteiger partial charge in [-0.3, -0.25) is 19.2 Å². The van der Waals surface area contributed by atoms with Gasteiger partial charge in [-0.25, -0.2) is 0 Å². The third-order valence-corrected chi connectivity index (χ3v) is 5.89. The van der Waals surface area contributed by atoms with E-state index in [-0.39, 0.29) is 22.9 Å². The van der Waals surface area contributed by atoms with Crippen LogP contribution in [0, 0.1) is 5.92 Å². The fraction of sp³-hybridized carbons (Fsp3) is 0.409. The number of nitrogens with zero attached hydrogens (tertiary/aromatic N) is 2. The first kappa shape index (κ1) is 27.1. The van der Waals surface area contributed by atoms with Crippen LogP contribution in [0.4, 0.5) is 5.69 Å². The number of hydrogen-bond acceptors (Lipinski definition) is 8.